The van der Waals surface area contributed by atoms with Crippen molar-refractivity contribution in [1.29, 1.82) is 0 Å². The number of carboxylic acid groups (broad SMARTS) is 1. The van der Waals surface area contributed by atoms with Gasteiger partial charge in [0.25, 0.3) is 0 Å². The first-order valence-electron chi connectivity index (χ1n) is 2.36. The van der Waals surface area contributed by atoms with Crippen LogP contribution in [0.5, 0.6) is 0 Å². The highest BCUT2D eigenvalue weighted by Gasteiger charge is 2.18. The molecule has 1 saturated heterocycles. The monoisotopic (exact) mass is 133 g/mol. The van der Waals surface area contributed by atoms with Crippen LogP contribution in [0.15, 0.2) is 0 Å². The molecule has 1 aliphatic rings. The lowest BCUT2D eigenvalue weighted by Crippen LogP contribution is -2.43. The molecule has 0 saturated carbocycles. The average molecular weight is 133 g/mol. The minimum atomic E-state index is -0.907. The summed E-state index contributed by atoms with van der Waals surface area (Å²) in [5, 5.41) is 10.5. The largest absolute Gasteiger partial charge is 0.465 e. The Morgan fingerprint density at radius 3 is 2.50 bits per heavy atom. The Hall–Kier alpha value is -0.380. The standard InChI is InChI=1S/C4H7NO2S/c6-4(7)5-3-1-8-2-3/h3,5H,1-2H2,(H,6,7). The Balaban J connectivity index is 2.09. The van der Waals surface area contributed by atoms with Crippen molar-refractivity contribution < 1.29 is 9.90 Å². The van der Waals surface area contributed by atoms with Gasteiger partial charge in [0.2, 0.25) is 0 Å². The van der Waals surface area contributed by atoms with Gasteiger partial charge in [-0.2, -0.15) is 11.8 Å². The molecule has 0 bridgehead atoms. The van der Waals surface area contributed by atoms with Gasteiger partial charge in [-0.1, -0.05) is 0 Å². The van der Waals surface area contributed by atoms with E-state index in [4.69, 9.17) is 5.11 Å². The maximum absolute atomic E-state index is 9.88. The minimum Gasteiger partial charge on any atom is -0.465 e. The van der Waals surface area contributed by atoms with Gasteiger partial charge in [-0.15, -0.1) is 0 Å². The first-order chi connectivity index (χ1) is 3.79. The Morgan fingerprint density at radius 2 is 2.38 bits per heavy atom. The smallest absolute Gasteiger partial charge is 0.404 e. The first-order valence-corrected chi connectivity index (χ1v) is 3.51. The van der Waals surface area contributed by atoms with Crippen molar-refractivity contribution in [3.8, 4) is 0 Å². The molecule has 0 aliphatic carbocycles. The van der Waals surface area contributed by atoms with E-state index in [1.165, 1.54) is 0 Å². The van der Waals surface area contributed by atoms with Crippen molar-refractivity contribution in [2.45, 2.75) is 6.04 Å². The van der Waals surface area contributed by atoms with E-state index < -0.39 is 6.09 Å². The maximum Gasteiger partial charge on any atom is 0.404 e. The molecule has 0 spiro atoms. The average Bonchev–Trinajstić information content (AvgIpc) is 1.55. The van der Waals surface area contributed by atoms with Crippen molar-refractivity contribution in [1.82, 2.24) is 5.32 Å². The van der Waals surface area contributed by atoms with Crippen molar-refractivity contribution in [2.24, 2.45) is 0 Å². The van der Waals surface area contributed by atoms with Gasteiger partial charge in [0, 0.05) is 11.5 Å². The molecule has 3 nitrogen and oxygen atoms in total. The second kappa shape index (κ2) is 2.26. The second-order valence-corrected chi connectivity index (χ2v) is 2.76. The quantitative estimate of drug-likeness (QED) is 0.543. The van der Waals surface area contributed by atoms with Gasteiger partial charge in [0.15, 0.2) is 0 Å². The lowest BCUT2D eigenvalue weighted by atomic mass is 10.4. The molecule has 0 unspecified atom stereocenters. The third-order valence-corrected chi connectivity index (χ3v) is 2.24. The molecule has 46 valence electrons. The molecule has 0 atom stereocenters. The summed E-state index contributed by atoms with van der Waals surface area (Å²) in [4.78, 5) is 9.88. The van der Waals surface area contributed by atoms with Crippen LogP contribution in [0.25, 0.3) is 0 Å². The fourth-order valence-electron chi connectivity index (χ4n) is 0.494. The van der Waals surface area contributed by atoms with Crippen molar-refractivity contribution >= 4 is 17.9 Å². The van der Waals surface area contributed by atoms with Gasteiger partial charge in [-0.05, 0) is 0 Å². The van der Waals surface area contributed by atoms with Crippen LogP contribution in [0.3, 0.4) is 0 Å². The van der Waals surface area contributed by atoms with Gasteiger partial charge < -0.3 is 10.4 Å². The highest BCUT2D eigenvalue weighted by Crippen LogP contribution is 2.16. The molecular weight excluding hydrogens is 126 g/mol. The summed E-state index contributed by atoms with van der Waals surface area (Å²) in [6, 6.07) is 0.220. The summed E-state index contributed by atoms with van der Waals surface area (Å²) >= 11 is 1.76. The lowest BCUT2D eigenvalue weighted by Gasteiger charge is -2.23. The summed E-state index contributed by atoms with van der Waals surface area (Å²) in [5.74, 6) is 1.87. The van der Waals surface area contributed by atoms with Crippen LogP contribution in [0.4, 0.5) is 4.79 Å². The number of amides is 1. The molecule has 8 heavy (non-hydrogen) atoms. The number of nitrogens with one attached hydrogen (secondary N) is 1. The van der Waals surface area contributed by atoms with Crippen LogP contribution in [-0.2, 0) is 0 Å². The van der Waals surface area contributed by atoms with Gasteiger partial charge >= 0.3 is 6.09 Å². The third-order valence-electron chi connectivity index (χ3n) is 0.966. The molecule has 4 heteroatoms. The highest BCUT2D eigenvalue weighted by atomic mass is 32.2. The zero-order valence-electron chi connectivity index (χ0n) is 4.26. The number of thioether (sulfide) groups is 1. The molecule has 0 aromatic heterocycles. The number of rotatable bonds is 1. The number of hydrogen-bond donors (Lipinski definition) is 2. The highest BCUT2D eigenvalue weighted by molar-refractivity contribution is 8.00. The zero-order valence-corrected chi connectivity index (χ0v) is 5.07. The van der Waals surface area contributed by atoms with E-state index in [1.54, 1.807) is 11.8 Å². The molecule has 0 aromatic carbocycles. The summed E-state index contributed by atoms with van der Waals surface area (Å²) in [6.07, 6.45) is -0.907. The molecule has 1 amide bonds. The fraction of sp³-hybridized carbons (Fsp3) is 0.750. The second-order valence-electron chi connectivity index (χ2n) is 1.68. The SMILES string of the molecule is O=C(O)NC1CSC1. The fourth-order valence-corrected chi connectivity index (χ4v) is 1.13. The van der Waals surface area contributed by atoms with E-state index in [2.05, 4.69) is 5.32 Å². The van der Waals surface area contributed by atoms with Crippen LogP contribution in [0.2, 0.25) is 0 Å². The van der Waals surface area contributed by atoms with Gasteiger partial charge in [0.1, 0.15) is 0 Å². The van der Waals surface area contributed by atoms with E-state index in [0.29, 0.717) is 0 Å². The van der Waals surface area contributed by atoms with E-state index >= 15 is 0 Å². The minimum absolute atomic E-state index is 0.220. The van der Waals surface area contributed by atoms with Gasteiger partial charge in [-0.25, -0.2) is 4.79 Å². The van der Waals surface area contributed by atoms with Crippen LogP contribution >= 0.6 is 11.8 Å². The van der Waals surface area contributed by atoms with Crippen LogP contribution in [-0.4, -0.2) is 28.7 Å². The molecule has 1 fully saturated rings. The van der Waals surface area contributed by atoms with Crippen LogP contribution in [0.1, 0.15) is 0 Å². The van der Waals surface area contributed by atoms with Crippen molar-refractivity contribution in [3.05, 3.63) is 0 Å². The first kappa shape index (κ1) is 5.75. The zero-order chi connectivity index (χ0) is 5.98. The van der Waals surface area contributed by atoms with Crippen LogP contribution < -0.4 is 5.32 Å². The molecule has 0 aromatic rings. The Bertz CT molecular complexity index is 102. The van der Waals surface area contributed by atoms with Crippen LogP contribution in [0, 0.1) is 0 Å². The maximum atomic E-state index is 9.88. The molecule has 1 rings (SSSR count). The van der Waals surface area contributed by atoms with E-state index in [9.17, 15) is 4.79 Å². The van der Waals surface area contributed by atoms with Gasteiger partial charge in [-0.3, -0.25) is 0 Å². The Labute approximate surface area is 51.5 Å². The van der Waals surface area contributed by atoms with Crippen molar-refractivity contribution in [3.63, 3.8) is 0 Å². The van der Waals surface area contributed by atoms with E-state index in [1.807, 2.05) is 0 Å². The predicted octanol–water partition coefficient (Wildman–Crippen LogP) is 0.369. The molecule has 1 heterocycles. The summed E-state index contributed by atoms with van der Waals surface area (Å²) in [7, 11) is 0. The summed E-state index contributed by atoms with van der Waals surface area (Å²) in [6.45, 7) is 0. The Morgan fingerprint density at radius 1 is 1.75 bits per heavy atom. The van der Waals surface area contributed by atoms with Gasteiger partial charge in [0.05, 0.1) is 6.04 Å². The van der Waals surface area contributed by atoms with Crippen molar-refractivity contribution in [2.75, 3.05) is 11.5 Å². The topological polar surface area (TPSA) is 49.3 Å². The Kier molecular flexibility index (Phi) is 1.62. The normalized spacial score (nSPS) is 19.5. The molecular formula is C4H7NO2S. The number of hydrogen-bond acceptors (Lipinski definition) is 2. The summed E-state index contributed by atoms with van der Waals surface area (Å²) in [5.41, 5.74) is 0. The molecule has 1 aliphatic heterocycles. The predicted molar refractivity (Wildman–Crippen MR) is 32.3 cm³/mol. The van der Waals surface area contributed by atoms with E-state index in [-0.39, 0.29) is 6.04 Å². The van der Waals surface area contributed by atoms with E-state index in [0.717, 1.165) is 11.5 Å². The third kappa shape index (κ3) is 1.30. The molecule has 0 radical (unpaired) electrons. The number of carbonyl (C=O) groups is 1. The molecule has 2 N–H and O–H groups in total. The summed E-state index contributed by atoms with van der Waals surface area (Å²) < 4.78 is 0. The lowest BCUT2D eigenvalue weighted by molar-refractivity contribution is 0.191.